The number of halogens is 1. The van der Waals surface area contributed by atoms with E-state index in [1.165, 1.54) is 5.56 Å². The molecule has 7 heteroatoms. The first-order valence-corrected chi connectivity index (χ1v) is 11.3. The third-order valence-corrected chi connectivity index (χ3v) is 6.18. The van der Waals surface area contributed by atoms with Crippen LogP contribution in [0.5, 0.6) is 0 Å². The Balaban J connectivity index is 1.66. The maximum atomic E-state index is 6.32. The highest BCUT2D eigenvalue weighted by Gasteiger charge is 2.34. The van der Waals surface area contributed by atoms with Crippen LogP contribution in [0.4, 0.5) is 5.69 Å². The summed E-state index contributed by atoms with van der Waals surface area (Å²) in [6.07, 6.45) is 0. The van der Waals surface area contributed by atoms with Gasteiger partial charge in [0.2, 0.25) is 5.82 Å². The Morgan fingerprint density at radius 1 is 0.970 bits per heavy atom. The summed E-state index contributed by atoms with van der Waals surface area (Å²) < 4.78 is 5.79. The molecule has 0 fully saturated rings. The highest BCUT2D eigenvalue weighted by atomic mass is 35.5. The standard InChI is InChI=1S/C26H21ClN4OS/c1-16-11-13-21(14-12-16)31-17(2)22(23(28-26(31)33)19-9-6-10-20(27)15-19)25-29-24(30-32-25)18-7-4-3-5-8-18/h3-15,23H,1-2H3,(H,28,33). The Hall–Kier alpha value is -3.48. The molecule has 3 aromatic carbocycles. The van der Waals surface area contributed by atoms with Gasteiger partial charge in [-0.2, -0.15) is 4.98 Å². The lowest BCUT2D eigenvalue weighted by molar-refractivity contribution is 0.404. The van der Waals surface area contributed by atoms with Gasteiger partial charge in [0, 0.05) is 22.0 Å². The molecule has 0 radical (unpaired) electrons. The van der Waals surface area contributed by atoms with E-state index in [0.29, 0.717) is 21.9 Å². The Morgan fingerprint density at radius 3 is 2.45 bits per heavy atom. The number of aromatic nitrogens is 2. The summed E-state index contributed by atoms with van der Waals surface area (Å²) in [5.74, 6) is 0.967. The van der Waals surface area contributed by atoms with Gasteiger partial charge in [-0.3, -0.25) is 4.90 Å². The van der Waals surface area contributed by atoms with Crippen LogP contribution in [-0.4, -0.2) is 15.3 Å². The Labute approximate surface area is 202 Å². The molecule has 164 valence electrons. The van der Waals surface area contributed by atoms with Crippen molar-refractivity contribution in [1.29, 1.82) is 0 Å². The van der Waals surface area contributed by atoms with Crippen molar-refractivity contribution in [3.8, 4) is 11.4 Å². The predicted molar refractivity (Wildman–Crippen MR) is 136 cm³/mol. The molecule has 2 heterocycles. The van der Waals surface area contributed by atoms with Gasteiger partial charge in [-0.15, -0.1) is 0 Å². The smallest absolute Gasteiger partial charge is 0.258 e. The molecule has 1 aliphatic rings. The van der Waals surface area contributed by atoms with Gasteiger partial charge in [0.1, 0.15) is 0 Å². The molecule has 0 saturated heterocycles. The third-order valence-electron chi connectivity index (χ3n) is 5.65. The monoisotopic (exact) mass is 472 g/mol. The van der Waals surface area contributed by atoms with Gasteiger partial charge < -0.3 is 9.84 Å². The lowest BCUT2D eigenvalue weighted by atomic mass is 9.94. The molecule has 33 heavy (non-hydrogen) atoms. The fraction of sp³-hybridized carbons (Fsp3) is 0.115. The average Bonchev–Trinajstić information content (AvgIpc) is 3.30. The molecule has 4 aromatic rings. The number of benzene rings is 3. The van der Waals surface area contributed by atoms with Crippen LogP contribution in [0.25, 0.3) is 17.0 Å². The van der Waals surface area contributed by atoms with Gasteiger partial charge in [-0.1, -0.05) is 76.9 Å². The first kappa shape index (κ1) is 21.4. The van der Waals surface area contributed by atoms with E-state index in [1.54, 1.807) is 0 Å². The maximum absolute atomic E-state index is 6.32. The van der Waals surface area contributed by atoms with E-state index in [-0.39, 0.29) is 6.04 Å². The molecular weight excluding hydrogens is 452 g/mol. The zero-order chi connectivity index (χ0) is 22.9. The van der Waals surface area contributed by atoms with Crippen LogP contribution in [-0.2, 0) is 0 Å². The number of nitrogens with one attached hydrogen (secondary N) is 1. The zero-order valence-corrected chi connectivity index (χ0v) is 19.7. The molecule has 0 bridgehead atoms. The summed E-state index contributed by atoms with van der Waals surface area (Å²) in [6.45, 7) is 4.08. The minimum Gasteiger partial charge on any atom is -0.351 e. The second-order valence-corrected chi connectivity index (χ2v) is 8.72. The Morgan fingerprint density at radius 2 is 1.73 bits per heavy atom. The van der Waals surface area contributed by atoms with Crippen molar-refractivity contribution in [2.75, 3.05) is 4.90 Å². The van der Waals surface area contributed by atoms with Gasteiger partial charge in [0.25, 0.3) is 5.89 Å². The van der Waals surface area contributed by atoms with Crippen molar-refractivity contribution < 1.29 is 4.52 Å². The molecule has 0 amide bonds. The summed E-state index contributed by atoms with van der Waals surface area (Å²) in [6, 6.07) is 25.4. The topological polar surface area (TPSA) is 54.2 Å². The molecule has 1 unspecified atom stereocenters. The number of hydrogen-bond donors (Lipinski definition) is 1. The molecule has 0 spiro atoms. The Bertz CT molecular complexity index is 1350. The number of anilines is 1. The van der Waals surface area contributed by atoms with Crippen LogP contribution in [0, 0.1) is 6.92 Å². The zero-order valence-electron chi connectivity index (χ0n) is 18.1. The molecular formula is C26H21ClN4OS. The number of thiocarbonyl (C=S) groups is 1. The van der Waals surface area contributed by atoms with Gasteiger partial charge in [-0.25, -0.2) is 0 Å². The van der Waals surface area contributed by atoms with E-state index < -0.39 is 0 Å². The minimum absolute atomic E-state index is 0.290. The maximum Gasteiger partial charge on any atom is 0.258 e. The van der Waals surface area contributed by atoms with E-state index in [2.05, 4.69) is 29.5 Å². The summed E-state index contributed by atoms with van der Waals surface area (Å²) in [4.78, 5) is 6.74. The van der Waals surface area contributed by atoms with Crippen LogP contribution in [0.3, 0.4) is 0 Å². The molecule has 1 aliphatic heterocycles. The van der Waals surface area contributed by atoms with Crippen molar-refractivity contribution in [2.45, 2.75) is 19.9 Å². The molecule has 5 nitrogen and oxygen atoms in total. The second-order valence-electron chi connectivity index (χ2n) is 7.90. The average molecular weight is 473 g/mol. The number of nitrogens with zero attached hydrogens (tertiary/aromatic N) is 3. The van der Waals surface area contributed by atoms with Crippen molar-refractivity contribution in [1.82, 2.24) is 15.5 Å². The summed E-state index contributed by atoms with van der Waals surface area (Å²) in [7, 11) is 0. The summed E-state index contributed by atoms with van der Waals surface area (Å²) in [5, 5.41) is 8.95. The lowest BCUT2D eigenvalue weighted by Crippen LogP contribution is -2.46. The third kappa shape index (κ3) is 4.15. The van der Waals surface area contributed by atoms with Gasteiger partial charge in [0.15, 0.2) is 5.11 Å². The Kier molecular flexibility index (Phi) is 5.70. The van der Waals surface area contributed by atoms with E-state index in [1.807, 2.05) is 78.6 Å². The van der Waals surface area contributed by atoms with Gasteiger partial charge >= 0.3 is 0 Å². The molecule has 0 aliphatic carbocycles. The van der Waals surface area contributed by atoms with Gasteiger partial charge in [0.05, 0.1) is 11.6 Å². The van der Waals surface area contributed by atoms with Crippen LogP contribution >= 0.6 is 23.8 Å². The van der Waals surface area contributed by atoms with Crippen LogP contribution in [0.1, 0.15) is 30.0 Å². The highest BCUT2D eigenvalue weighted by molar-refractivity contribution is 7.80. The van der Waals surface area contributed by atoms with Crippen molar-refractivity contribution in [3.63, 3.8) is 0 Å². The molecule has 5 rings (SSSR count). The van der Waals surface area contributed by atoms with E-state index in [4.69, 9.17) is 33.3 Å². The highest BCUT2D eigenvalue weighted by Crippen LogP contribution is 2.39. The number of aryl methyl sites for hydroxylation is 1. The second kappa shape index (κ2) is 8.81. The van der Waals surface area contributed by atoms with E-state index in [9.17, 15) is 0 Å². The van der Waals surface area contributed by atoms with Crippen molar-refractivity contribution in [2.24, 2.45) is 0 Å². The largest absolute Gasteiger partial charge is 0.351 e. The number of hydrogen-bond acceptors (Lipinski definition) is 4. The first-order chi connectivity index (χ1) is 16.0. The van der Waals surface area contributed by atoms with Crippen molar-refractivity contribution >= 4 is 40.2 Å². The number of allylic oxidation sites excluding steroid dienone is 1. The number of rotatable bonds is 4. The molecule has 1 aromatic heterocycles. The van der Waals surface area contributed by atoms with Crippen LogP contribution in [0.2, 0.25) is 5.02 Å². The quantitative estimate of drug-likeness (QED) is 0.339. The summed E-state index contributed by atoms with van der Waals surface area (Å²) in [5.41, 5.74) is 5.75. The van der Waals surface area contributed by atoms with Crippen molar-refractivity contribution in [3.05, 3.63) is 107 Å². The molecule has 1 N–H and O–H groups in total. The van der Waals surface area contributed by atoms with E-state index >= 15 is 0 Å². The van der Waals surface area contributed by atoms with Gasteiger partial charge in [-0.05, 0) is 55.9 Å². The fourth-order valence-electron chi connectivity index (χ4n) is 4.00. The first-order valence-electron chi connectivity index (χ1n) is 10.5. The summed E-state index contributed by atoms with van der Waals surface area (Å²) >= 11 is 12.1. The van der Waals surface area contributed by atoms with E-state index in [0.717, 1.165) is 28.1 Å². The normalized spacial score (nSPS) is 16.2. The van der Waals surface area contributed by atoms with Crippen LogP contribution in [0.15, 0.2) is 89.1 Å². The van der Waals surface area contributed by atoms with Crippen LogP contribution < -0.4 is 10.2 Å². The SMILES string of the molecule is CC1=C(c2nc(-c3ccccc3)no2)C(c2cccc(Cl)c2)NC(=S)N1c1ccc(C)cc1. The molecule has 0 saturated carbocycles. The minimum atomic E-state index is -0.290. The molecule has 1 atom stereocenters. The predicted octanol–water partition coefficient (Wildman–Crippen LogP) is 6.57. The fourth-order valence-corrected chi connectivity index (χ4v) is 4.56. The lowest BCUT2D eigenvalue weighted by Gasteiger charge is -2.37.